The van der Waals surface area contributed by atoms with Crippen molar-refractivity contribution < 1.29 is 23.1 Å². The van der Waals surface area contributed by atoms with E-state index in [1.54, 1.807) is 0 Å². The molecule has 2 aliphatic heterocycles. The molecule has 0 saturated carbocycles. The summed E-state index contributed by atoms with van der Waals surface area (Å²) in [6.45, 7) is 3.20. The van der Waals surface area contributed by atoms with Gasteiger partial charge in [0.15, 0.2) is 11.6 Å². The van der Waals surface area contributed by atoms with E-state index in [4.69, 9.17) is 10.5 Å². The molecule has 2 atom stereocenters. The number of amides is 3. The van der Waals surface area contributed by atoms with Gasteiger partial charge in [-0.1, -0.05) is 18.2 Å². The predicted octanol–water partition coefficient (Wildman–Crippen LogP) is 3.40. The van der Waals surface area contributed by atoms with Crippen LogP contribution in [0.25, 0.3) is 0 Å². The maximum atomic E-state index is 13.9. The number of hydrogen-bond donors (Lipinski definition) is 3. The van der Waals surface area contributed by atoms with Crippen molar-refractivity contribution in [3.63, 3.8) is 0 Å². The normalized spacial score (nSPS) is 20.8. The first-order valence-electron chi connectivity index (χ1n) is 12.5. The molecule has 2 aromatic rings. The number of benzene rings is 2. The second kappa shape index (κ2) is 12.2. The number of nitrogens with two attached hydrogens (primary N) is 1. The summed E-state index contributed by atoms with van der Waals surface area (Å²) in [4.78, 5) is 31.7. The van der Waals surface area contributed by atoms with Gasteiger partial charge in [-0.05, 0) is 80.2 Å². The molecule has 1 saturated heterocycles. The van der Waals surface area contributed by atoms with Crippen LogP contribution in [0.4, 0.5) is 19.3 Å². The van der Waals surface area contributed by atoms with Crippen LogP contribution in [-0.4, -0.2) is 62.4 Å². The molecule has 0 spiro atoms. The Hall–Kier alpha value is -3.37. The summed E-state index contributed by atoms with van der Waals surface area (Å²) in [7, 11) is 1.44. The third-order valence-corrected chi connectivity index (χ3v) is 7.01. The van der Waals surface area contributed by atoms with Crippen LogP contribution in [0.15, 0.2) is 47.5 Å². The van der Waals surface area contributed by atoms with E-state index in [9.17, 15) is 18.4 Å². The number of anilines is 1. The van der Waals surface area contributed by atoms with Crippen molar-refractivity contribution in [2.45, 2.75) is 31.2 Å². The molecule has 4 N–H and O–H groups in total. The van der Waals surface area contributed by atoms with Crippen molar-refractivity contribution in [2.24, 2.45) is 10.9 Å². The highest BCUT2D eigenvalue weighted by Gasteiger charge is 2.39. The Morgan fingerprint density at radius 1 is 1.16 bits per heavy atom. The molecule has 2 heterocycles. The van der Waals surface area contributed by atoms with Gasteiger partial charge in [-0.3, -0.25) is 4.79 Å². The van der Waals surface area contributed by atoms with Gasteiger partial charge in [0.25, 0.3) is 0 Å². The lowest BCUT2D eigenvalue weighted by molar-refractivity contribution is -0.123. The van der Waals surface area contributed by atoms with Crippen LogP contribution >= 0.6 is 0 Å². The van der Waals surface area contributed by atoms with Crippen molar-refractivity contribution >= 4 is 23.3 Å². The highest BCUT2D eigenvalue weighted by Crippen LogP contribution is 2.30. The SMILES string of the molecule is COCC1=NC(=O)N[C@H](c2ccc(F)c(F)c2)C1C(=O)NCCCN1CCC(c2cccc(N)c2)CC1. The Labute approximate surface area is 215 Å². The number of aliphatic imine (C=N–C) groups is 1. The maximum absolute atomic E-state index is 13.9. The molecule has 8 nitrogen and oxygen atoms in total. The molecule has 0 bridgehead atoms. The Bertz CT molecular complexity index is 1150. The van der Waals surface area contributed by atoms with E-state index in [0.717, 1.165) is 56.7 Å². The van der Waals surface area contributed by atoms with Crippen LogP contribution in [0.1, 0.15) is 42.3 Å². The first kappa shape index (κ1) is 26.7. The summed E-state index contributed by atoms with van der Waals surface area (Å²) in [6, 6.07) is 9.85. The van der Waals surface area contributed by atoms with Gasteiger partial charge < -0.3 is 26.0 Å². The van der Waals surface area contributed by atoms with Crippen LogP contribution in [0.2, 0.25) is 0 Å². The van der Waals surface area contributed by atoms with Gasteiger partial charge in [-0.25, -0.2) is 13.6 Å². The number of nitrogens with one attached hydrogen (secondary N) is 2. The third kappa shape index (κ3) is 6.69. The summed E-state index contributed by atoms with van der Waals surface area (Å²) in [5.74, 6) is -2.81. The van der Waals surface area contributed by atoms with Crippen LogP contribution in [0.3, 0.4) is 0 Å². The number of likely N-dealkylation sites (tertiary alicyclic amines) is 1. The molecular formula is C27H33F2N5O3. The number of ether oxygens (including phenoxy) is 1. The number of carbonyl (C=O) groups is 2. The lowest BCUT2D eigenvalue weighted by Gasteiger charge is -2.33. The second-order valence-electron chi connectivity index (χ2n) is 9.55. The van der Waals surface area contributed by atoms with Gasteiger partial charge in [-0.2, -0.15) is 4.99 Å². The van der Waals surface area contributed by atoms with Gasteiger partial charge in [0.05, 0.1) is 18.4 Å². The minimum Gasteiger partial charge on any atom is -0.399 e. The minimum atomic E-state index is -1.05. The van der Waals surface area contributed by atoms with E-state index < -0.39 is 29.6 Å². The predicted molar refractivity (Wildman–Crippen MR) is 137 cm³/mol. The molecule has 10 heteroatoms. The summed E-state index contributed by atoms with van der Waals surface area (Å²) < 4.78 is 32.5. The van der Waals surface area contributed by atoms with Crippen LogP contribution < -0.4 is 16.4 Å². The number of hydrogen-bond acceptors (Lipinski definition) is 5. The summed E-state index contributed by atoms with van der Waals surface area (Å²) in [5.41, 5.74) is 8.52. The fourth-order valence-corrected chi connectivity index (χ4v) is 5.12. The van der Waals surface area contributed by atoms with Crippen LogP contribution in [0, 0.1) is 17.6 Å². The number of halogens is 2. The van der Waals surface area contributed by atoms with Crippen molar-refractivity contribution in [2.75, 3.05) is 45.6 Å². The Morgan fingerprint density at radius 2 is 1.95 bits per heavy atom. The lowest BCUT2D eigenvalue weighted by Crippen LogP contribution is -2.49. The van der Waals surface area contributed by atoms with Crippen molar-refractivity contribution in [3.8, 4) is 0 Å². The van der Waals surface area contributed by atoms with E-state index in [1.807, 2.05) is 12.1 Å². The van der Waals surface area contributed by atoms with E-state index in [0.29, 0.717) is 12.5 Å². The number of piperidine rings is 1. The van der Waals surface area contributed by atoms with E-state index in [1.165, 1.54) is 18.7 Å². The minimum absolute atomic E-state index is 0.0340. The molecule has 2 aromatic carbocycles. The molecule has 4 rings (SSSR count). The molecule has 1 unspecified atom stereocenters. The average Bonchev–Trinajstić information content (AvgIpc) is 2.88. The molecule has 1 fully saturated rings. The first-order valence-corrected chi connectivity index (χ1v) is 12.5. The average molecular weight is 514 g/mol. The smallest absolute Gasteiger partial charge is 0.341 e. The van der Waals surface area contributed by atoms with Crippen LogP contribution in [0.5, 0.6) is 0 Å². The standard InChI is InChI=1S/C27H33F2N5O3/c1-37-16-23-24(25(33-27(36)32-23)19-6-7-21(28)22(29)15-19)26(35)31-10-3-11-34-12-8-17(9-13-34)18-4-2-5-20(30)14-18/h2,4-7,14-15,17,24-25H,3,8-13,16,30H2,1H3,(H,31,35)(H,33,36)/t24?,25-/m1/s1. The zero-order valence-corrected chi connectivity index (χ0v) is 20.9. The van der Waals surface area contributed by atoms with E-state index >= 15 is 0 Å². The zero-order chi connectivity index (χ0) is 26.4. The number of carbonyl (C=O) groups excluding carboxylic acids is 2. The van der Waals surface area contributed by atoms with Gasteiger partial charge >= 0.3 is 6.03 Å². The quantitative estimate of drug-likeness (QED) is 0.352. The van der Waals surface area contributed by atoms with Gasteiger partial charge in [0.2, 0.25) is 5.91 Å². The van der Waals surface area contributed by atoms with Gasteiger partial charge in [0, 0.05) is 19.3 Å². The molecule has 198 valence electrons. The molecule has 37 heavy (non-hydrogen) atoms. The number of rotatable bonds is 9. The highest BCUT2D eigenvalue weighted by molar-refractivity contribution is 6.11. The summed E-state index contributed by atoms with van der Waals surface area (Å²) in [5, 5.41) is 5.54. The fourth-order valence-electron chi connectivity index (χ4n) is 5.12. The number of nitrogen functional groups attached to an aromatic ring is 1. The lowest BCUT2D eigenvalue weighted by atomic mass is 9.87. The third-order valence-electron chi connectivity index (χ3n) is 7.01. The topological polar surface area (TPSA) is 109 Å². The second-order valence-corrected chi connectivity index (χ2v) is 9.55. The maximum Gasteiger partial charge on any atom is 0.341 e. The van der Waals surface area contributed by atoms with Crippen LogP contribution in [-0.2, 0) is 9.53 Å². The number of methoxy groups -OCH3 is 1. The summed E-state index contributed by atoms with van der Waals surface area (Å²) in [6.07, 6.45) is 2.87. The first-order chi connectivity index (χ1) is 17.9. The van der Waals surface area contributed by atoms with Gasteiger partial charge in [-0.15, -0.1) is 0 Å². The van der Waals surface area contributed by atoms with Crippen molar-refractivity contribution in [3.05, 3.63) is 65.2 Å². The number of nitrogens with zero attached hydrogens (tertiary/aromatic N) is 2. The monoisotopic (exact) mass is 513 g/mol. The zero-order valence-electron chi connectivity index (χ0n) is 20.9. The Kier molecular flexibility index (Phi) is 8.83. The molecule has 2 aliphatic rings. The largest absolute Gasteiger partial charge is 0.399 e. The Balaban J connectivity index is 1.32. The Morgan fingerprint density at radius 3 is 2.65 bits per heavy atom. The van der Waals surface area contributed by atoms with E-state index in [2.05, 4.69) is 32.7 Å². The molecule has 0 aromatic heterocycles. The van der Waals surface area contributed by atoms with Crippen molar-refractivity contribution in [1.29, 1.82) is 0 Å². The van der Waals surface area contributed by atoms with Crippen molar-refractivity contribution in [1.82, 2.24) is 15.5 Å². The molecule has 0 radical (unpaired) electrons. The number of urea groups is 1. The van der Waals surface area contributed by atoms with Gasteiger partial charge in [0.1, 0.15) is 5.92 Å². The fraction of sp³-hybridized carbons (Fsp3) is 0.444. The summed E-state index contributed by atoms with van der Waals surface area (Å²) >= 11 is 0. The van der Waals surface area contributed by atoms with E-state index in [-0.39, 0.29) is 23.8 Å². The highest BCUT2D eigenvalue weighted by atomic mass is 19.2. The molecular weight excluding hydrogens is 480 g/mol. The molecule has 0 aliphatic carbocycles. The molecule has 3 amide bonds.